The van der Waals surface area contributed by atoms with Gasteiger partial charge in [0.15, 0.2) is 11.6 Å². The van der Waals surface area contributed by atoms with Crippen molar-refractivity contribution in [2.24, 2.45) is 0 Å². The Bertz CT molecular complexity index is 880. The van der Waals surface area contributed by atoms with Gasteiger partial charge < -0.3 is 15.1 Å². The molecule has 0 unspecified atom stereocenters. The summed E-state index contributed by atoms with van der Waals surface area (Å²) in [6, 6.07) is 6.06. The summed E-state index contributed by atoms with van der Waals surface area (Å²) in [7, 11) is 3.30. The molecule has 2 aromatic rings. The van der Waals surface area contributed by atoms with E-state index in [1.807, 2.05) is 24.3 Å². The smallest absolute Gasteiger partial charge is 0.248 e. The number of carbonyl (C=O) groups is 1. The van der Waals surface area contributed by atoms with Crippen LogP contribution in [0.4, 0.5) is 10.1 Å². The summed E-state index contributed by atoms with van der Waals surface area (Å²) in [6.45, 7) is 0.711. The van der Waals surface area contributed by atoms with Gasteiger partial charge in [0.05, 0.1) is 7.11 Å². The zero-order chi connectivity index (χ0) is 18.5. The van der Waals surface area contributed by atoms with Crippen LogP contribution in [0.25, 0.3) is 11.6 Å². The average molecular weight is 354 g/mol. The monoisotopic (exact) mass is 354 g/mol. The molecular weight excluding hydrogens is 335 g/mol. The van der Waals surface area contributed by atoms with Crippen LogP contribution in [0.2, 0.25) is 0 Å². The SMILES string of the molecule is COc1cc(NC(=O)/C=C/c2cnccc2C2=CN(C)NC2)ccc1F. The van der Waals surface area contributed by atoms with E-state index in [4.69, 9.17) is 4.74 Å². The molecule has 0 radical (unpaired) electrons. The quantitative estimate of drug-likeness (QED) is 0.808. The van der Waals surface area contributed by atoms with E-state index in [-0.39, 0.29) is 11.7 Å². The summed E-state index contributed by atoms with van der Waals surface area (Å²) in [6.07, 6.45) is 8.55. The summed E-state index contributed by atoms with van der Waals surface area (Å²) in [5.41, 5.74) is 6.58. The highest BCUT2D eigenvalue weighted by Crippen LogP contribution is 2.23. The van der Waals surface area contributed by atoms with Gasteiger partial charge in [0.1, 0.15) is 0 Å². The van der Waals surface area contributed by atoms with Crippen molar-refractivity contribution in [2.75, 3.05) is 26.0 Å². The van der Waals surface area contributed by atoms with Gasteiger partial charge in [-0.3, -0.25) is 9.78 Å². The summed E-state index contributed by atoms with van der Waals surface area (Å²) in [5, 5.41) is 4.57. The topological polar surface area (TPSA) is 66.5 Å². The van der Waals surface area contributed by atoms with Gasteiger partial charge in [-0.25, -0.2) is 9.82 Å². The Morgan fingerprint density at radius 3 is 3.00 bits per heavy atom. The van der Waals surface area contributed by atoms with E-state index in [9.17, 15) is 9.18 Å². The minimum atomic E-state index is -0.482. The van der Waals surface area contributed by atoms with Gasteiger partial charge in [-0.2, -0.15) is 0 Å². The van der Waals surface area contributed by atoms with Crippen LogP contribution in [0.1, 0.15) is 11.1 Å². The molecule has 0 saturated carbocycles. The highest BCUT2D eigenvalue weighted by Gasteiger charge is 2.13. The van der Waals surface area contributed by atoms with Crippen LogP contribution in [-0.4, -0.2) is 36.6 Å². The van der Waals surface area contributed by atoms with E-state index in [0.29, 0.717) is 12.2 Å². The fraction of sp³-hybridized carbons (Fsp3) is 0.158. The zero-order valence-corrected chi connectivity index (χ0v) is 14.5. The Balaban J connectivity index is 1.74. The van der Waals surface area contributed by atoms with Crippen molar-refractivity contribution in [3.8, 4) is 5.75 Å². The molecule has 1 amide bonds. The van der Waals surface area contributed by atoms with E-state index in [2.05, 4.69) is 15.7 Å². The maximum absolute atomic E-state index is 13.4. The lowest BCUT2D eigenvalue weighted by atomic mass is 10.0. The molecule has 26 heavy (non-hydrogen) atoms. The molecule has 0 atom stereocenters. The number of carbonyl (C=O) groups excluding carboxylic acids is 1. The normalized spacial score (nSPS) is 13.8. The highest BCUT2D eigenvalue weighted by atomic mass is 19.1. The molecule has 1 aliphatic rings. The van der Waals surface area contributed by atoms with Crippen LogP contribution in [0.3, 0.4) is 0 Å². The number of nitrogens with zero attached hydrogens (tertiary/aromatic N) is 2. The molecule has 1 aliphatic heterocycles. The number of hydrogen-bond acceptors (Lipinski definition) is 5. The lowest BCUT2D eigenvalue weighted by Gasteiger charge is -2.07. The van der Waals surface area contributed by atoms with E-state index >= 15 is 0 Å². The lowest BCUT2D eigenvalue weighted by Crippen LogP contribution is -2.23. The molecule has 0 aliphatic carbocycles. The van der Waals surface area contributed by atoms with Gasteiger partial charge in [0.25, 0.3) is 0 Å². The summed E-state index contributed by atoms with van der Waals surface area (Å²) in [4.78, 5) is 16.3. The molecule has 2 heterocycles. The standard InChI is InChI=1S/C19H19FN4O2/c1-24-12-14(11-22-24)16-7-8-21-10-13(16)3-6-19(25)23-15-4-5-17(20)18(9-15)26-2/h3-10,12,22H,11H2,1-2H3,(H,23,25)/b6-3+. The largest absolute Gasteiger partial charge is 0.494 e. The van der Waals surface area contributed by atoms with E-state index in [1.54, 1.807) is 18.5 Å². The third-order valence-electron chi connectivity index (χ3n) is 3.90. The number of hydrazine groups is 1. The molecule has 0 saturated heterocycles. The van der Waals surface area contributed by atoms with Crippen molar-refractivity contribution >= 4 is 23.2 Å². The predicted octanol–water partition coefficient (Wildman–Crippen LogP) is 2.67. The first-order valence-corrected chi connectivity index (χ1v) is 8.01. The van der Waals surface area contributed by atoms with Gasteiger partial charge >= 0.3 is 0 Å². The van der Waals surface area contributed by atoms with Crippen molar-refractivity contribution in [3.05, 3.63) is 65.9 Å². The number of nitrogens with one attached hydrogen (secondary N) is 2. The van der Waals surface area contributed by atoms with E-state index < -0.39 is 5.82 Å². The maximum Gasteiger partial charge on any atom is 0.248 e. The van der Waals surface area contributed by atoms with Crippen LogP contribution in [0, 0.1) is 5.82 Å². The number of ether oxygens (including phenoxy) is 1. The lowest BCUT2D eigenvalue weighted by molar-refractivity contribution is -0.111. The predicted molar refractivity (Wildman–Crippen MR) is 98.6 cm³/mol. The Labute approximate surface area is 151 Å². The summed E-state index contributed by atoms with van der Waals surface area (Å²) in [5.74, 6) is -0.736. The van der Waals surface area contributed by atoms with Gasteiger partial charge in [0, 0.05) is 55.6 Å². The number of amides is 1. The molecule has 3 rings (SSSR count). The minimum Gasteiger partial charge on any atom is -0.494 e. The molecule has 0 bridgehead atoms. The second kappa shape index (κ2) is 7.79. The van der Waals surface area contributed by atoms with Crippen LogP contribution in [0.5, 0.6) is 5.75 Å². The molecule has 1 aromatic heterocycles. The van der Waals surface area contributed by atoms with Crippen LogP contribution in [-0.2, 0) is 4.79 Å². The first-order chi connectivity index (χ1) is 12.6. The second-order valence-electron chi connectivity index (χ2n) is 5.73. The van der Waals surface area contributed by atoms with Gasteiger partial charge in [-0.1, -0.05) is 0 Å². The number of benzene rings is 1. The Morgan fingerprint density at radius 2 is 2.27 bits per heavy atom. The van der Waals surface area contributed by atoms with E-state index in [1.165, 1.54) is 31.4 Å². The zero-order valence-electron chi connectivity index (χ0n) is 14.5. The number of anilines is 1. The highest BCUT2D eigenvalue weighted by molar-refractivity contribution is 6.02. The Hall–Kier alpha value is -3.19. The number of rotatable bonds is 5. The van der Waals surface area contributed by atoms with Crippen molar-refractivity contribution in [1.29, 1.82) is 0 Å². The third-order valence-corrected chi connectivity index (χ3v) is 3.90. The van der Waals surface area contributed by atoms with Gasteiger partial charge in [0.2, 0.25) is 5.91 Å². The average Bonchev–Trinajstić information content (AvgIpc) is 3.08. The number of halogens is 1. The van der Waals surface area contributed by atoms with Crippen LogP contribution in [0.15, 0.2) is 48.9 Å². The van der Waals surface area contributed by atoms with Gasteiger partial charge in [-0.15, -0.1) is 0 Å². The van der Waals surface area contributed by atoms with Crippen LogP contribution < -0.4 is 15.5 Å². The van der Waals surface area contributed by atoms with Crippen molar-refractivity contribution in [3.63, 3.8) is 0 Å². The fourth-order valence-corrected chi connectivity index (χ4v) is 2.62. The van der Waals surface area contributed by atoms with E-state index in [0.717, 1.165) is 16.7 Å². The summed E-state index contributed by atoms with van der Waals surface area (Å²) < 4.78 is 18.3. The molecule has 6 nitrogen and oxygen atoms in total. The molecular formula is C19H19FN4O2. The Morgan fingerprint density at radius 1 is 1.42 bits per heavy atom. The molecule has 0 fully saturated rings. The second-order valence-corrected chi connectivity index (χ2v) is 5.73. The van der Waals surface area contributed by atoms with Crippen LogP contribution >= 0.6 is 0 Å². The number of hydrogen-bond donors (Lipinski definition) is 2. The molecule has 2 N–H and O–H groups in total. The Kier molecular flexibility index (Phi) is 5.28. The number of methoxy groups -OCH3 is 1. The molecule has 1 aromatic carbocycles. The summed E-state index contributed by atoms with van der Waals surface area (Å²) >= 11 is 0. The fourth-order valence-electron chi connectivity index (χ4n) is 2.62. The number of pyridine rings is 1. The van der Waals surface area contributed by atoms with Crippen molar-refractivity contribution in [2.45, 2.75) is 0 Å². The number of aromatic nitrogens is 1. The van der Waals surface area contributed by atoms with Gasteiger partial charge in [-0.05, 0) is 35.4 Å². The molecule has 134 valence electrons. The maximum atomic E-state index is 13.4. The minimum absolute atomic E-state index is 0.0751. The first kappa shape index (κ1) is 17.6. The first-order valence-electron chi connectivity index (χ1n) is 8.01. The third kappa shape index (κ3) is 4.07. The molecule has 7 heteroatoms. The van der Waals surface area contributed by atoms with Crippen molar-refractivity contribution in [1.82, 2.24) is 15.4 Å². The van der Waals surface area contributed by atoms with Crippen molar-refractivity contribution < 1.29 is 13.9 Å². The molecule has 0 spiro atoms.